The predicted molar refractivity (Wildman–Crippen MR) is 80.1 cm³/mol. The molecule has 1 aromatic heterocycles. The Hall–Kier alpha value is -1.94. The van der Waals surface area contributed by atoms with E-state index in [0.29, 0.717) is 0 Å². The quantitative estimate of drug-likeness (QED) is 0.881. The fourth-order valence-electron chi connectivity index (χ4n) is 2.67. The summed E-state index contributed by atoms with van der Waals surface area (Å²) in [6, 6.07) is 8.08. The fourth-order valence-corrected chi connectivity index (χ4v) is 3.84. The SMILES string of the molecule is CC(=O)c1cc2c(s1)-c1ccc(CC(N)=O)cc1CC2. The summed E-state index contributed by atoms with van der Waals surface area (Å²) in [5.74, 6) is -0.187. The molecule has 3 rings (SSSR count). The lowest BCUT2D eigenvalue weighted by Crippen LogP contribution is -2.14. The molecule has 1 aromatic carbocycles. The highest BCUT2D eigenvalue weighted by Crippen LogP contribution is 2.40. The summed E-state index contributed by atoms with van der Waals surface area (Å²) < 4.78 is 0. The van der Waals surface area contributed by atoms with Gasteiger partial charge in [0.25, 0.3) is 0 Å². The molecule has 0 bridgehead atoms. The van der Waals surface area contributed by atoms with Crippen LogP contribution in [0, 0.1) is 0 Å². The Morgan fingerprint density at radius 1 is 1.20 bits per heavy atom. The van der Waals surface area contributed by atoms with Gasteiger partial charge in [0, 0.05) is 4.88 Å². The first kappa shape index (κ1) is 13.1. The number of aryl methyl sites for hydroxylation is 2. The van der Waals surface area contributed by atoms with Crippen LogP contribution in [0.1, 0.15) is 33.3 Å². The van der Waals surface area contributed by atoms with E-state index in [4.69, 9.17) is 5.73 Å². The Morgan fingerprint density at radius 3 is 2.65 bits per heavy atom. The van der Waals surface area contributed by atoms with E-state index in [0.717, 1.165) is 23.3 Å². The van der Waals surface area contributed by atoms with Crippen molar-refractivity contribution in [3.63, 3.8) is 0 Å². The lowest BCUT2D eigenvalue weighted by atomic mass is 9.89. The van der Waals surface area contributed by atoms with Crippen molar-refractivity contribution in [2.75, 3.05) is 0 Å². The molecule has 0 aliphatic heterocycles. The second-order valence-corrected chi connectivity index (χ2v) is 6.21. The zero-order valence-corrected chi connectivity index (χ0v) is 12.0. The number of nitrogens with two attached hydrogens (primary N) is 1. The van der Waals surface area contributed by atoms with Gasteiger partial charge in [0.1, 0.15) is 0 Å². The highest BCUT2D eigenvalue weighted by molar-refractivity contribution is 7.17. The van der Waals surface area contributed by atoms with Gasteiger partial charge in [-0.05, 0) is 48.1 Å². The zero-order valence-electron chi connectivity index (χ0n) is 11.2. The number of hydrogen-bond acceptors (Lipinski definition) is 3. The molecular formula is C16H15NO2S. The zero-order chi connectivity index (χ0) is 14.3. The molecular weight excluding hydrogens is 270 g/mol. The van der Waals surface area contributed by atoms with Crippen LogP contribution in [0.3, 0.4) is 0 Å². The summed E-state index contributed by atoms with van der Waals surface area (Å²) in [5.41, 5.74) is 9.90. The number of Topliss-reactive ketones (excluding diaryl/α,β-unsaturated/α-hetero) is 1. The molecule has 0 saturated heterocycles. The van der Waals surface area contributed by atoms with E-state index in [1.807, 2.05) is 18.2 Å². The first-order valence-electron chi connectivity index (χ1n) is 6.58. The summed E-state index contributed by atoms with van der Waals surface area (Å²) >= 11 is 1.56. The van der Waals surface area contributed by atoms with Crippen LogP contribution in [0.15, 0.2) is 24.3 Å². The van der Waals surface area contributed by atoms with Crippen LogP contribution in [0.4, 0.5) is 0 Å². The van der Waals surface area contributed by atoms with Crippen molar-refractivity contribution < 1.29 is 9.59 Å². The Morgan fingerprint density at radius 2 is 1.95 bits per heavy atom. The van der Waals surface area contributed by atoms with Gasteiger partial charge in [-0.15, -0.1) is 11.3 Å². The normalized spacial score (nSPS) is 12.7. The molecule has 4 heteroatoms. The third-order valence-corrected chi connectivity index (χ3v) is 4.92. The Bertz CT molecular complexity index is 715. The maximum Gasteiger partial charge on any atom is 0.221 e. The van der Waals surface area contributed by atoms with Gasteiger partial charge in [0.05, 0.1) is 11.3 Å². The Labute approximate surface area is 121 Å². The number of fused-ring (bicyclic) bond motifs is 3. The topological polar surface area (TPSA) is 60.2 Å². The molecule has 2 N–H and O–H groups in total. The molecule has 0 spiro atoms. The fraction of sp³-hybridized carbons (Fsp3) is 0.250. The number of carbonyl (C=O) groups is 2. The third-order valence-electron chi connectivity index (χ3n) is 3.61. The van der Waals surface area contributed by atoms with Crippen molar-refractivity contribution in [2.45, 2.75) is 26.2 Å². The number of amides is 1. The van der Waals surface area contributed by atoms with Crippen LogP contribution < -0.4 is 5.73 Å². The Balaban J connectivity index is 2.04. The maximum atomic E-state index is 11.5. The number of primary amides is 1. The minimum absolute atomic E-state index is 0.122. The van der Waals surface area contributed by atoms with Crippen molar-refractivity contribution in [1.29, 1.82) is 0 Å². The molecule has 102 valence electrons. The minimum Gasteiger partial charge on any atom is -0.369 e. The van der Waals surface area contributed by atoms with Crippen LogP contribution in [-0.4, -0.2) is 11.7 Å². The summed E-state index contributed by atoms with van der Waals surface area (Å²) in [6.07, 6.45) is 2.18. The van der Waals surface area contributed by atoms with Crippen LogP contribution in [0.2, 0.25) is 0 Å². The van der Waals surface area contributed by atoms with Gasteiger partial charge in [-0.2, -0.15) is 0 Å². The number of thiophene rings is 1. The number of rotatable bonds is 3. The molecule has 1 aliphatic rings. The molecule has 2 aromatic rings. The first-order valence-corrected chi connectivity index (χ1v) is 7.40. The lowest BCUT2D eigenvalue weighted by molar-refractivity contribution is -0.117. The second-order valence-electron chi connectivity index (χ2n) is 5.16. The van der Waals surface area contributed by atoms with Gasteiger partial charge >= 0.3 is 0 Å². The van der Waals surface area contributed by atoms with Crippen molar-refractivity contribution >= 4 is 23.0 Å². The lowest BCUT2D eigenvalue weighted by Gasteiger charge is -2.17. The molecule has 1 aliphatic carbocycles. The van der Waals surface area contributed by atoms with Crippen LogP contribution in [-0.2, 0) is 24.1 Å². The molecule has 0 radical (unpaired) electrons. The molecule has 0 atom stereocenters. The summed E-state index contributed by atoms with van der Waals surface area (Å²) in [4.78, 5) is 24.5. The average molecular weight is 285 g/mol. The number of ketones is 1. The second kappa shape index (κ2) is 4.87. The molecule has 3 nitrogen and oxygen atoms in total. The van der Waals surface area contributed by atoms with Gasteiger partial charge in [-0.1, -0.05) is 18.2 Å². The highest BCUT2D eigenvalue weighted by atomic mass is 32.1. The van der Waals surface area contributed by atoms with E-state index in [1.54, 1.807) is 18.3 Å². The van der Waals surface area contributed by atoms with E-state index < -0.39 is 0 Å². The van der Waals surface area contributed by atoms with Crippen molar-refractivity contribution in [3.05, 3.63) is 45.8 Å². The standard InChI is InChI=1S/C16H15NO2S/c1-9(18)14-8-12-4-3-11-6-10(7-15(17)19)2-5-13(11)16(12)20-14/h2,5-6,8H,3-4,7H2,1H3,(H2,17,19). The summed E-state index contributed by atoms with van der Waals surface area (Å²) in [6.45, 7) is 1.61. The minimum atomic E-state index is -0.309. The summed E-state index contributed by atoms with van der Waals surface area (Å²) in [7, 11) is 0. The Kier molecular flexibility index (Phi) is 3.18. The molecule has 0 saturated carbocycles. The van der Waals surface area contributed by atoms with Crippen LogP contribution in [0.25, 0.3) is 10.4 Å². The first-order chi connectivity index (χ1) is 9.54. The average Bonchev–Trinajstić information content (AvgIpc) is 2.82. The maximum absolute atomic E-state index is 11.5. The van der Waals surface area contributed by atoms with Crippen LogP contribution in [0.5, 0.6) is 0 Å². The van der Waals surface area contributed by atoms with E-state index in [2.05, 4.69) is 6.07 Å². The van der Waals surface area contributed by atoms with E-state index in [9.17, 15) is 9.59 Å². The molecule has 0 fully saturated rings. The third kappa shape index (κ3) is 2.27. The largest absolute Gasteiger partial charge is 0.369 e. The predicted octanol–water partition coefficient (Wildman–Crippen LogP) is 2.74. The highest BCUT2D eigenvalue weighted by Gasteiger charge is 2.20. The van der Waals surface area contributed by atoms with Crippen molar-refractivity contribution in [1.82, 2.24) is 0 Å². The van der Waals surface area contributed by atoms with Crippen LogP contribution >= 0.6 is 11.3 Å². The van der Waals surface area contributed by atoms with Crippen molar-refractivity contribution in [3.8, 4) is 10.4 Å². The molecule has 1 amide bonds. The molecule has 1 heterocycles. The van der Waals surface area contributed by atoms with E-state index in [1.165, 1.54) is 21.6 Å². The molecule has 20 heavy (non-hydrogen) atoms. The van der Waals surface area contributed by atoms with E-state index in [-0.39, 0.29) is 18.1 Å². The van der Waals surface area contributed by atoms with E-state index >= 15 is 0 Å². The number of carbonyl (C=O) groups excluding carboxylic acids is 2. The number of benzene rings is 1. The van der Waals surface area contributed by atoms with Gasteiger partial charge < -0.3 is 5.73 Å². The summed E-state index contributed by atoms with van der Waals surface area (Å²) in [5, 5.41) is 0. The van der Waals surface area contributed by atoms with Gasteiger partial charge in [0.15, 0.2) is 5.78 Å². The monoisotopic (exact) mass is 285 g/mol. The molecule has 0 unspecified atom stereocenters. The van der Waals surface area contributed by atoms with Gasteiger partial charge in [0.2, 0.25) is 5.91 Å². The van der Waals surface area contributed by atoms with Crippen molar-refractivity contribution in [2.24, 2.45) is 5.73 Å². The van der Waals surface area contributed by atoms with Gasteiger partial charge in [-0.25, -0.2) is 0 Å². The van der Waals surface area contributed by atoms with Gasteiger partial charge in [-0.3, -0.25) is 9.59 Å². The number of hydrogen-bond donors (Lipinski definition) is 1. The smallest absolute Gasteiger partial charge is 0.221 e.